The molecule has 0 radical (unpaired) electrons. The van der Waals surface area contributed by atoms with Gasteiger partial charge in [-0.15, -0.1) is 13.2 Å². The van der Waals surface area contributed by atoms with E-state index in [1.165, 1.54) is 17.5 Å². The van der Waals surface area contributed by atoms with Crippen molar-refractivity contribution < 1.29 is 30.0 Å². The van der Waals surface area contributed by atoms with E-state index in [0.717, 1.165) is 31.8 Å². The fourth-order valence-corrected chi connectivity index (χ4v) is 4.15. The number of aliphatic hydroxyl groups is 2. The van der Waals surface area contributed by atoms with Crippen LogP contribution >= 0.6 is 0 Å². The number of benzene rings is 2. The fourth-order valence-electron chi connectivity index (χ4n) is 4.15. The Morgan fingerprint density at radius 2 is 1.28 bits per heavy atom. The lowest BCUT2D eigenvalue weighted by Crippen LogP contribution is -2.23. The maximum atomic E-state index is 11.5. The number of hydrogen-bond acceptors (Lipinski definition) is 4. The number of unbranched alkanes of at least 4 members (excludes halogenated alkanes) is 1. The molecule has 0 saturated heterocycles. The van der Waals surface area contributed by atoms with Crippen molar-refractivity contribution in [1.29, 1.82) is 0 Å². The van der Waals surface area contributed by atoms with Gasteiger partial charge in [-0.2, -0.15) is 0 Å². The number of rotatable bonds is 17. The molecule has 2 rings (SSSR count). The Hall–Kier alpha value is -3.74. The molecule has 4 unspecified atom stereocenters. The van der Waals surface area contributed by atoms with Crippen LogP contribution in [0.5, 0.6) is 0 Å². The monoisotopic (exact) mass is 638 g/mol. The summed E-state index contributed by atoms with van der Waals surface area (Å²) in [5.41, 5.74) is 2.45. The summed E-state index contributed by atoms with van der Waals surface area (Å²) in [5, 5.41) is 34.8. The Bertz CT molecular complexity index is 1010. The molecule has 0 aliphatic rings. The van der Waals surface area contributed by atoms with E-state index in [4.69, 9.17) is 10.2 Å². The summed E-state index contributed by atoms with van der Waals surface area (Å²) in [6, 6.07) is 20.4. The minimum atomic E-state index is -0.981. The molecule has 2 aromatic rings. The molecule has 6 nitrogen and oxygen atoms in total. The predicted molar refractivity (Wildman–Crippen MR) is 196 cm³/mol. The van der Waals surface area contributed by atoms with Crippen LogP contribution in [-0.4, -0.2) is 45.6 Å². The summed E-state index contributed by atoms with van der Waals surface area (Å²) in [7, 11) is 0. The topological polar surface area (TPSA) is 115 Å². The van der Waals surface area contributed by atoms with E-state index in [-0.39, 0.29) is 25.0 Å². The van der Waals surface area contributed by atoms with Crippen molar-refractivity contribution in [3.8, 4) is 0 Å². The summed E-state index contributed by atoms with van der Waals surface area (Å²) in [6.45, 7) is 22.3. The molecule has 2 aromatic carbocycles. The summed E-state index contributed by atoms with van der Waals surface area (Å²) >= 11 is 0. The van der Waals surface area contributed by atoms with Crippen LogP contribution in [0, 0.1) is 17.8 Å². The maximum Gasteiger partial charge on any atom is 0.327 e. The Morgan fingerprint density at radius 3 is 1.57 bits per heavy atom. The molecule has 0 heterocycles. The zero-order valence-electron chi connectivity index (χ0n) is 28.9. The van der Waals surface area contributed by atoms with Gasteiger partial charge in [0.25, 0.3) is 0 Å². The highest BCUT2D eigenvalue weighted by Gasteiger charge is 2.26. The lowest BCUT2D eigenvalue weighted by atomic mass is 9.81. The molecule has 258 valence electrons. The minimum Gasteiger partial charge on any atom is -0.481 e. The summed E-state index contributed by atoms with van der Waals surface area (Å²) in [5.74, 6) is -1.22. The first-order chi connectivity index (χ1) is 22.0. The molecule has 0 aliphatic heterocycles. The average Bonchev–Trinajstić information content (AvgIpc) is 3.08. The third kappa shape index (κ3) is 29.0. The van der Waals surface area contributed by atoms with Gasteiger partial charge in [0.15, 0.2) is 0 Å². The standard InChI is InChI=1S/C20H32O3.C8H8.C5H10.C4H8O.C3H4O2/c1-4-15(3)11-19(20(22)23)13-16(14-21)12-17(5-2)18-9-7-6-8-10-18;1-2-8-6-4-3-5-7-8;1-3-5-4-2;1-2-3-4-5;1-2-3(4)5/h6-10,15-17,19,21H,4-5,11-14H2,1-3H3,(H,22,23);2-7H,1H2;3H,1,4-5H2,2H3;2,5H,1,3-4H2;2H,1H2,(H,4,5). The molecular formula is C40H62O6. The molecule has 0 aliphatic carbocycles. The Labute approximate surface area is 279 Å². The maximum absolute atomic E-state index is 11.5. The van der Waals surface area contributed by atoms with Gasteiger partial charge in [0.1, 0.15) is 0 Å². The highest BCUT2D eigenvalue weighted by molar-refractivity contribution is 5.78. The van der Waals surface area contributed by atoms with Crippen LogP contribution in [0.3, 0.4) is 0 Å². The molecule has 0 spiro atoms. The van der Waals surface area contributed by atoms with E-state index in [0.29, 0.717) is 31.1 Å². The molecule has 4 atom stereocenters. The molecular weight excluding hydrogens is 576 g/mol. The molecule has 4 N–H and O–H groups in total. The first-order valence-corrected chi connectivity index (χ1v) is 16.3. The van der Waals surface area contributed by atoms with E-state index in [2.05, 4.69) is 66.1 Å². The van der Waals surface area contributed by atoms with Gasteiger partial charge in [-0.05, 0) is 67.4 Å². The van der Waals surface area contributed by atoms with Gasteiger partial charge in [-0.25, -0.2) is 4.79 Å². The van der Waals surface area contributed by atoms with E-state index >= 15 is 0 Å². The SMILES string of the molecule is C=CC(=O)O.C=CCCC.C=CCCO.C=Cc1ccccc1.CCC(C)CC(CC(CO)CC(CC)c1ccccc1)C(=O)O. The van der Waals surface area contributed by atoms with Gasteiger partial charge >= 0.3 is 11.9 Å². The Morgan fingerprint density at radius 1 is 0.761 bits per heavy atom. The summed E-state index contributed by atoms with van der Waals surface area (Å²) in [4.78, 5) is 20.8. The minimum absolute atomic E-state index is 0.0466. The van der Waals surface area contributed by atoms with E-state index in [1.807, 2.05) is 60.7 Å². The number of carboxylic acids is 2. The van der Waals surface area contributed by atoms with Crippen molar-refractivity contribution in [2.45, 2.75) is 85.0 Å². The van der Waals surface area contributed by atoms with Crippen molar-refractivity contribution in [2.75, 3.05) is 13.2 Å². The van der Waals surface area contributed by atoms with Gasteiger partial charge in [0.05, 0.1) is 5.92 Å². The Balaban J connectivity index is -0.000000646. The average molecular weight is 639 g/mol. The number of aliphatic hydroxyl groups excluding tert-OH is 2. The number of carboxylic acid groups (broad SMARTS) is 2. The predicted octanol–water partition coefficient (Wildman–Crippen LogP) is 9.82. The Kier molecular flexibility index (Phi) is 34.6. The van der Waals surface area contributed by atoms with Crippen LogP contribution in [0.1, 0.15) is 96.1 Å². The zero-order valence-corrected chi connectivity index (χ0v) is 28.9. The van der Waals surface area contributed by atoms with Crippen LogP contribution in [-0.2, 0) is 9.59 Å². The van der Waals surface area contributed by atoms with Gasteiger partial charge in [0.2, 0.25) is 0 Å². The van der Waals surface area contributed by atoms with Gasteiger partial charge in [-0.1, -0.05) is 133 Å². The lowest BCUT2D eigenvalue weighted by molar-refractivity contribution is -0.143. The molecule has 0 saturated carbocycles. The highest BCUT2D eigenvalue weighted by Crippen LogP contribution is 2.31. The highest BCUT2D eigenvalue weighted by atomic mass is 16.4. The molecule has 0 amide bonds. The van der Waals surface area contributed by atoms with Gasteiger partial charge in [-0.3, -0.25) is 4.79 Å². The first kappa shape index (κ1) is 46.7. The van der Waals surface area contributed by atoms with Crippen LogP contribution < -0.4 is 0 Å². The third-order valence-electron chi connectivity index (χ3n) is 7.03. The van der Waals surface area contributed by atoms with E-state index < -0.39 is 11.9 Å². The second kappa shape index (κ2) is 34.1. The van der Waals surface area contributed by atoms with Crippen LogP contribution in [0.2, 0.25) is 0 Å². The fraction of sp³-hybridized carbons (Fsp3) is 0.450. The molecule has 6 heteroatoms. The zero-order chi connectivity index (χ0) is 35.6. The quantitative estimate of drug-likeness (QED) is 0.101. The first-order valence-electron chi connectivity index (χ1n) is 16.3. The third-order valence-corrected chi connectivity index (χ3v) is 7.03. The summed E-state index contributed by atoms with van der Waals surface area (Å²) < 4.78 is 0. The number of aliphatic carboxylic acids is 2. The summed E-state index contributed by atoms with van der Waals surface area (Å²) in [6.07, 6.45) is 13.5. The van der Waals surface area contributed by atoms with E-state index in [1.54, 1.807) is 6.08 Å². The lowest BCUT2D eigenvalue weighted by Gasteiger charge is -2.25. The number of allylic oxidation sites excluding steroid dienone is 1. The normalized spacial score (nSPS) is 12.0. The smallest absolute Gasteiger partial charge is 0.327 e. The van der Waals surface area contributed by atoms with Crippen LogP contribution in [0.25, 0.3) is 6.08 Å². The second-order valence-corrected chi connectivity index (χ2v) is 10.9. The van der Waals surface area contributed by atoms with Gasteiger partial charge in [0, 0.05) is 19.3 Å². The van der Waals surface area contributed by atoms with Crippen molar-refractivity contribution in [2.24, 2.45) is 17.8 Å². The van der Waals surface area contributed by atoms with Crippen LogP contribution in [0.4, 0.5) is 0 Å². The molecule has 0 aromatic heterocycles. The van der Waals surface area contributed by atoms with Crippen molar-refractivity contribution in [3.63, 3.8) is 0 Å². The van der Waals surface area contributed by atoms with Crippen molar-refractivity contribution in [3.05, 3.63) is 116 Å². The van der Waals surface area contributed by atoms with Crippen molar-refractivity contribution in [1.82, 2.24) is 0 Å². The second-order valence-electron chi connectivity index (χ2n) is 10.9. The van der Waals surface area contributed by atoms with Gasteiger partial charge < -0.3 is 20.4 Å². The van der Waals surface area contributed by atoms with Crippen LogP contribution in [0.15, 0.2) is 105 Å². The number of hydrogen-bond donors (Lipinski definition) is 4. The van der Waals surface area contributed by atoms with Crippen molar-refractivity contribution >= 4 is 18.0 Å². The molecule has 46 heavy (non-hydrogen) atoms. The number of carbonyl (C=O) groups is 2. The molecule has 0 fully saturated rings. The largest absolute Gasteiger partial charge is 0.481 e. The molecule has 0 bridgehead atoms. The van der Waals surface area contributed by atoms with E-state index in [9.17, 15) is 19.8 Å².